The highest BCUT2D eigenvalue weighted by Gasteiger charge is 2.11. The van der Waals surface area contributed by atoms with Crippen LogP contribution >= 0.6 is 23.2 Å². The zero-order chi connectivity index (χ0) is 12.1. The van der Waals surface area contributed by atoms with E-state index in [1.54, 1.807) is 25.2 Å². The van der Waals surface area contributed by atoms with Crippen molar-refractivity contribution in [2.24, 2.45) is 0 Å². The Balaban J connectivity index is 2.70. The normalized spacial score (nSPS) is 12.2. The first-order valence-corrected chi connectivity index (χ1v) is 5.71. The lowest BCUT2D eigenvalue weighted by Gasteiger charge is -2.12. The van der Waals surface area contributed by atoms with Gasteiger partial charge < -0.3 is 10.6 Å². The van der Waals surface area contributed by atoms with Crippen LogP contribution in [0.15, 0.2) is 18.2 Å². The molecule has 88 valence electrons. The van der Waals surface area contributed by atoms with Gasteiger partial charge in [0.05, 0.1) is 15.7 Å². The quantitative estimate of drug-likeness (QED) is 0.874. The van der Waals surface area contributed by atoms with Gasteiger partial charge in [0.15, 0.2) is 0 Å². The SMILES string of the molecule is CNC(C)CC(=O)Nc1c(Cl)cccc1Cl. The summed E-state index contributed by atoms with van der Waals surface area (Å²) in [6.07, 6.45) is 0.373. The van der Waals surface area contributed by atoms with Crippen LogP contribution in [0.4, 0.5) is 5.69 Å². The molecule has 0 radical (unpaired) electrons. The molecule has 0 spiro atoms. The zero-order valence-electron chi connectivity index (χ0n) is 9.18. The van der Waals surface area contributed by atoms with Crippen LogP contribution in [0.5, 0.6) is 0 Å². The summed E-state index contributed by atoms with van der Waals surface area (Å²) in [7, 11) is 1.81. The maximum atomic E-state index is 11.6. The Labute approximate surface area is 105 Å². The second-order valence-electron chi connectivity index (χ2n) is 3.54. The number of hydrogen-bond donors (Lipinski definition) is 2. The second kappa shape index (κ2) is 6.09. The van der Waals surface area contributed by atoms with E-state index in [0.29, 0.717) is 22.2 Å². The lowest BCUT2D eigenvalue weighted by atomic mass is 10.2. The Morgan fingerprint density at radius 1 is 1.38 bits per heavy atom. The molecule has 1 amide bonds. The van der Waals surface area contributed by atoms with Gasteiger partial charge in [-0.25, -0.2) is 0 Å². The minimum absolute atomic E-state index is 0.112. The average molecular weight is 261 g/mol. The number of hydrogen-bond acceptors (Lipinski definition) is 2. The summed E-state index contributed by atoms with van der Waals surface area (Å²) < 4.78 is 0. The fraction of sp³-hybridized carbons (Fsp3) is 0.364. The van der Waals surface area contributed by atoms with Crippen molar-refractivity contribution in [2.75, 3.05) is 12.4 Å². The van der Waals surface area contributed by atoms with Crippen molar-refractivity contribution < 1.29 is 4.79 Å². The molecule has 1 rings (SSSR count). The van der Waals surface area contributed by atoms with E-state index in [1.165, 1.54) is 0 Å². The topological polar surface area (TPSA) is 41.1 Å². The van der Waals surface area contributed by atoms with Gasteiger partial charge in [0.1, 0.15) is 0 Å². The summed E-state index contributed by atoms with van der Waals surface area (Å²) in [6, 6.07) is 5.22. The molecule has 5 heteroatoms. The summed E-state index contributed by atoms with van der Waals surface area (Å²) in [5.41, 5.74) is 0.471. The van der Waals surface area contributed by atoms with Gasteiger partial charge in [-0.2, -0.15) is 0 Å². The van der Waals surface area contributed by atoms with Crippen LogP contribution in [0.1, 0.15) is 13.3 Å². The molecular formula is C11H14Cl2N2O. The summed E-state index contributed by atoms with van der Waals surface area (Å²) in [5, 5.41) is 6.57. The minimum atomic E-state index is -0.114. The van der Waals surface area contributed by atoms with Crippen molar-refractivity contribution in [1.29, 1.82) is 0 Å². The Hall–Kier alpha value is -0.770. The molecule has 0 fully saturated rings. The summed E-state index contributed by atoms with van der Waals surface area (Å²) in [5.74, 6) is -0.114. The van der Waals surface area contributed by atoms with Crippen LogP contribution in [0.3, 0.4) is 0 Å². The average Bonchev–Trinajstić information content (AvgIpc) is 2.23. The number of amides is 1. The molecule has 0 aromatic heterocycles. The Morgan fingerprint density at radius 2 is 1.94 bits per heavy atom. The van der Waals surface area contributed by atoms with Crippen LogP contribution < -0.4 is 10.6 Å². The largest absolute Gasteiger partial charge is 0.323 e. The number of anilines is 1. The molecule has 0 aliphatic heterocycles. The maximum absolute atomic E-state index is 11.6. The number of rotatable bonds is 4. The fourth-order valence-corrected chi connectivity index (χ4v) is 1.68. The standard InChI is InChI=1S/C11H14Cl2N2O/c1-7(14-2)6-10(16)15-11-8(12)4-3-5-9(11)13/h3-5,7,14H,6H2,1-2H3,(H,15,16). The monoisotopic (exact) mass is 260 g/mol. The van der Waals surface area contributed by atoms with Crippen molar-refractivity contribution in [2.45, 2.75) is 19.4 Å². The van der Waals surface area contributed by atoms with Crippen molar-refractivity contribution in [3.63, 3.8) is 0 Å². The smallest absolute Gasteiger partial charge is 0.226 e. The molecule has 2 N–H and O–H groups in total. The minimum Gasteiger partial charge on any atom is -0.323 e. The molecule has 0 saturated heterocycles. The van der Waals surface area contributed by atoms with Crippen molar-refractivity contribution in [3.8, 4) is 0 Å². The number of halogens is 2. The summed E-state index contributed by atoms with van der Waals surface area (Å²) in [6.45, 7) is 1.92. The van der Waals surface area contributed by atoms with Crippen LogP contribution in [-0.4, -0.2) is 19.0 Å². The highest BCUT2D eigenvalue weighted by Crippen LogP contribution is 2.29. The number of nitrogens with one attached hydrogen (secondary N) is 2. The van der Waals surface area contributed by atoms with Crippen molar-refractivity contribution >= 4 is 34.8 Å². The zero-order valence-corrected chi connectivity index (χ0v) is 10.7. The third-order valence-corrected chi connectivity index (χ3v) is 2.84. The molecule has 1 aromatic carbocycles. The fourth-order valence-electron chi connectivity index (χ4n) is 1.19. The van der Waals surface area contributed by atoms with E-state index in [1.807, 2.05) is 6.92 Å². The number of benzene rings is 1. The van der Waals surface area contributed by atoms with Gasteiger partial charge >= 0.3 is 0 Å². The Kier molecular flexibility index (Phi) is 5.06. The van der Waals surface area contributed by atoms with Crippen molar-refractivity contribution in [3.05, 3.63) is 28.2 Å². The summed E-state index contributed by atoms with van der Waals surface area (Å²) >= 11 is 11.9. The third-order valence-electron chi connectivity index (χ3n) is 2.21. The molecule has 0 heterocycles. The lowest BCUT2D eigenvalue weighted by Crippen LogP contribution is -2.27. The van der Waals surface area contributed by atoms with E-state index >= 15 is 0 Å². The highest BCUT2D eigenvalue weighted by molar-refractivity contribution is 6.39. The Bertz CT molecular complexity index is 362. The van der Waals surface area contributed by atoms with Gasteiger partial charge in [-0.1, -0.05) is 29.3 Å². The first-order chi connectivity index (χ1) is 7.54. The van der Waals surface area contributed by atoms with E-state index in [2.05, 4.69) is 10.6 Å². The molecule has 0 saturated carbocycles. The van der Waals surface area contributed by atoms with E-state index in [0.717, 1.165) is 0 Å². The van der Waals surface area contributed by atoms with Crippen LogP contribution in [0.2, 0.25) is 10.0 Å². The highest BCUT2D eigenvalue weighted by atomic mass is 35.5. The van der Waals surface area contributed by atoms with Crippen molar-refractivity contribution in [1.82, 2.24) is 5.32 Å². The molecule has 1 unspecified atom stereocenters. The number of carbonyl (C=O) groups is 1. The predicted octanol–water partition coefficient (Wildman–Crippen LogP) is 2.93. The number of para-hydroxylation sites is 1. The van der Waals surface area contributed by atoms with E-state index in [4.69, 9.17) is 23.2 Å². The van der Waals surface area contributed by atoms with Crippen LogP contribution in [-0.2, 0) is 4.79 Å². The molecule has 0 aliphatic carbocycles. The molecule has 1 atom stereocenters. The molecule has 3 nitrogen and oxygen atoms in total. The molecular weight excluding hydrogens is 247 g/mol. The number of carbonyl (C=O) groups excluding carboxylic acids is 1. The summed E-state index contributed by atoms with van der Waals surface area (Å²) in [4.78, 5) is 11.6. The molecule has 16 heavy (non-hydrogen) atoms. The first kappa shape index (κ1) is 13.3. The van der Waals surface area contributed by atoms with Crippen LogP contribution in [0, 0.1) is 0 Å². The maximum Gasteiger partial charge on any atom is 0.226 e. The molecule has 0 bridgehead atoms. The van der Waals surface area contributed by atoms with E-state index < -0.39 is 0 Å². The first-order valence-electron chi connectivity index (χ1n) is 4.95. The van der Waals surface area contributed by atoms with E-state index in [9.17, 15) is 4.79 Å². The van der Waals surface area contributed by atoms with E-state index in [-0.39, 0.29) is 11.9 Å². The third kappa shape index (κ3) is 3.67. The van der Waals surface area contributed by atoms with Gasteiger partial charge in [0, 0.05) is 12.5 Å². The van der Waals surface area contributed by atoms with Gasteiger partial charge in [-0.05, 0) is 26.1 Å². The second-order valence-corrected chi connectivity index (χ2v) is 4.35. The van der Waals surface area contributed by atoms with Gasteiger partial charge in [-0.3, -0.25) is 4.79 Å². The lowest BCUT2D eigenvalue weighted by molar-refractivity contribution is -0.116. The predicted molar refractivity (Wildman–Crippen MR) is 68.2 cm³/mol. The van der Waals surface area contributed by atoms with Crippen LogP contribution in [0.25, 0.3) is 0 Å². The van der Waals surface area contributed by atoms with Gasteiger partial charge in [0.25, 0.3) is 0 Å². The Morgan fingerprint density at radius 3 is 2.44 bits per heavy atom. The van der Waals surface area contributed by atoms with Gasteiger partial charge in [0.2, 0.25) is 5.91 Å². The molecule has 1 aromatic rings. The van der Waals surface area contributed by atoms with Gasteiger partial charge in [-0.15, -0.1) is 0 Å². The molecule has 0 aliphatic rings.